The number of aliphatic hydroxyl groups excluding tert-OH is 2. The minimum atomic E-state index is -1.30. The summed E-state index contributed by atoms with van der Waals surface area (Å²) in [6.45, 7) is 13.1. The molecule has 1 amide bonds. The normalized spacial score (nSPS) is 13.8. The van der Waals surface area contributed by atoms with Crippen molar-refractivity contribution in [1.29, 1.82) is 0 Å². The molecule has 10 nitrogen and oxygen atoms in total. The van der Waals surface area contributed by atoms with Crippen molar-refractivity contribution in [3.05, 3.63) is 118 Å². The Hall–Kier alpha value is -4.89. The number of amides is 1. The van der Waals surface area contributed by atoms with E-state index < -0.39 is 35.3 Å². The van der Waals surface area contributed by atoms with Gasteiger partial charge in [0.25, 0.3) is 5.97 Å². The van der Waals surface area contributed by atoms with E-state index in [9.17, 15) is 34.8 Å². The average molecular weight is 816 g/mol. The topological polar surface area (TPSA) is 181 Å². The summed E-state index contributed by atoms with van der Waals surface area (Å²) >= 11 is 0. The first kappa shape index (κ1) is 49.3. The Morgan fingerprint density at radius 1 is 0.621 bits per heavy atom. The molecule has 0 saturated carbocycles. The Bertz CT molecular complexity index is 1980. The van der Waals surface area contributed by atoms with Gasteiger partial charge in [0.2, 0.25) is 5.91 Å². The fourth-order valence-electron chi connectivity index (χ4n) is 6.67. The van der Waals surface area contributed by atoms with Crippen molar-refractivity contribution in [2.45, 2.75) is 87.1 Å². The number of hydrogen-bond acceptors (Lipinski definition) is 6. The van der Waals surface area contributed by atoms with Gasteiger partial charge < -0.3 is 30.8 Å². The van der Waals surface area contributed by atoms with Gasteiger partial charge in [0.05, 0.1) is 24.0 Å². The molecule has 0 aliphatic heterocycles. The molecule has 314 valence electrons. The summed E-state index contributed by atoms with van der Waals surface area (Å²) < 4.78 is 0. The fourth-order valence-corrected chi connectivity index (χ4v) is 7.01. The Kier molecular flexibility index (Phi) is 19.4. The van der Waals surface area contributed by atoms with Crippen LogP contribution in [0.15, 0.2) is 84.9 Å². The molecule has 4 aromatic rings. The second-order valence-electron chi connectivity index (χ2n) is 15.9. The van der Waals surface area contributed by atoms with E-state index in [2.05, 4.69) is 103 Å². The van der Waals surface area contributed by atoms with Crippen molar-refractivity contribution < 1.29 is 44.7 Å². The number of aliphatic carboxylic acids is 3. The zero-order valence-corrected chi connectivity index (χ0v) is 36.3. The van der Waals surface area contributed by atoms with Crippen LogP contribution in [-0.2, 0) is 32.0 Å². The molecule has 5 atom stereocenters. The molecule has 0 saturated heterocycles. The van der Waals surface area contributed by atoms with Crippen molar-refractivity contribution in [1.82, 2.24) is 5.32 Å². The van der Waals surface area contributed by atoms with E-state index in [1.54, 1.807) is 6.92 Å². The van der Waals surface area contributed by atoms with Crippen LogP contribution in [0.3, 0.4) is 0 Å². The Morgan fingerprint density at radius 2 is 1.00 bits per heavy atom. The van der Waals surface area contributed by atoms with E-state index in [1.165, 1.54) is 58.4 Å². The number of aryl methyl sites for hydroxylation is 4. The molecular formula is C47H62NO9P. The van der Waals surface area contributed by atoms with Crippen LogP contribution in [0.4, 0.5) is 0 Å². The first-order chi connectivity index (χ1) is 27.2. The second kappa shape index (κ2) is 22.9. The lowest BCUT2D eigenvalue weighted by molar-refractivity contribution is -0.152. The molecule has 0 bridgehead atoms. The van der Waals surface area contributed by atoms with Gasteiger partial charge in [-0.15, -0.1) is 9.24 Å². The first-order valence-electron chi connectivity index (χ1n) is 19.3. The maximum Gasteiger partial charge on any atom is 0.311 e. The summed E-state index contributed by atoms with van der Waals surface area (Å²) in [5, 5.41) is 48.1. The minimum Gasteiger partial charge on any atom is -0.481 e. The summed E-state index contributed by atoms with van der Waals surface area (Å²) in [5.74, 6) is -2.87. The molecule has 0 aromatic heterocycles. The van der Waals surface area contributed by atoms with Crippen molar-refractivity contribution in [3.8, 4) is 22.3 Å². The molecule has 4 rings (SSSR count). The summed E-state index contributed by atoms with van der Waals surface area (Å²) in [7, 11) is 2.71. The summed E-state index contributed by atoms with van der Waals surface area (Å²) in [5.41, 5.74) is 9.46. The van der Waals surface area contributed by atoms with Gasteiger partial charge in [0.15, 0.2) is 0 Å². The first-order valence-corrected chi connectivity index (χ1v) is 20.2. The molecule has 0 aliphatic carbocycles. The zero-order chi connectivity index (χ0) is 43.8. The highest BCUT2D eigenvalue weighted by Gasteiger charge is 2.36. The van der Waals surface area contributed by atoms with Crippen LogP contribution in [0.2, 0.25) is 0 Å². The maximum atomic E-state index is 11.6. The van der Waals surface area contributed by atoms with E-state index in [1.807, 2.05) is 24.3 Å². The van der Waals surface area contributed by atoms with Crippen molar-refractivity contribution >= 4 is 33.1 Å². The van der Waals surface area contributed by atoms with Gasteiger partial charge in [-0.1, -0.05) is 96.1 Å². The molecule has 11 heteroatoms. The molecule has 0 radical (unpaired) electrons. The number of carboxylic acid groups (broad SMARTS) is 3. The minimum absolute atomic E-state index is 0.150. The number of hydrogen-bond donors (Lipinski definition) is 6. The van der Waals surface area contributed by atoms with E-state index in [0.29, 0.717) is 12.8 Å². The van der Waals surface area contributed by atoms with Crippen molar-refractivity contribution in [3.63, 3.8) is 0 Å². The van der Waals surface area contributed by atoms with Crippen LogP contribution in [0, 0.1) is 44.4 Å². The number of carbonyl (C=O) groups is 4. The van der Waals surface area contributed by atoms with E-state index >= 15 is 0 Å². The van der Waals surface area contributed by atoms with Gasteiger partial charge in [0.1, 0.15) is 0 Å². The third-order valence-electron chi connectivity index (χ3n) is 10.2. The van der Waals surface area contributed by atoms with Crippen LogP contribution in [-0.4, -0.2) is 74.8 Å². The van der Waals surface area contributed by atoms with Crippen LogP contribution < -0.4 is 5.32 Å². The van der Waals surface area contributed by atoms with Crippen LogP contribution in [0.25, 0.3) is 22.3 Å². The number of carbonyl (C=O) groups excluding carboxylic acids is 1. The van der Waals surface area contributed by atoms with Gasteiger partial charge in [0, 0.05) is 19.9 Å². The highest BCUT2D eigenvalue weighted by Crippen LogP contribution is 2.31. The van der Waals surface area contributed by atoms with Crippen molar-refractivity contribution in [2.24, 2.45) is 16.7 Å². The smallest absolute Gasteiger partial charge is 0.311 e. The second-order valence-corrected chi connectivity index (χ2v) is 16.4. The number of aliphatic hydroxyl groups is 2. The Balaban J connectivity index is 0.000000367. The quantitative estimate of drug-likeness (QED) is 0.0610. The average Bonchev–Trinajstić information content (AvgIpc) is 3.16. The van der Waals surface area contributed by atoms with Crippen LogP contribution in [0.1, 0.15) is 73.9 Å². The standard InChI is InChI=1S/C23H29NO4.C22H29O3P.C2H4O2/c1-15-5-6-16(2)21(11-15)19-9-7-18(8-10-19)12-20(24-17(3)26)13-23(4,14-25)22(27)28;1-15-4-5-16(2)20(10-15)19-8-6-17(7-9-19)11-18(13-26)12-22(3,14-23)21(24)25;1-2(3)4/h5-11,20,25H,12-14H2,1-4H3,(H,24,26)(H,27,28);4-10,18,23H,11-14,26H2,1-3H3,(H,24,25);1H3,(H,3,4)/t20-,23+;18-,22+;/m11./s1. The van der Waals surface area contributed by atoms with E-state index in [4.69, 9.17) is 9.90 Å². The van der Waals surface area contributed by atoms with E-state index in [0.717, 1.165) is 30.6 Å². The lowest BCUT2D eigenvalue weighted by Crippen LogP contribution is -2.43. The van der Waals surface area contributed by atoms with E-state index in [-0.39, 0.29) is 30.9 Å². The predicted octanol–water partition coefficient (Wildman–Crippen LogP) is 8.06. The molecule has 0 spiro atoms. The largest absolute Gasteiger partial charge is 0.481 e. The number of carboxylic acids is 3. The van der Waals surface area contributed by atoms with Crippen LogP contribution >= 0.6 is 9.24 Å². The predicted molar refractivity (Wildman–Crippen MR) is 234 cm³/mol. The molecule has 0 aliphatic rings. The van der Waals surface area contributed by atoms with Crippen molar-refractivity contribution in [2.75, 3.05) is 19.4 Å². The SMILES string of the molecule is CC(=O)N[C@H](Cc1ccc(-c2cc(C)ccc2C)cc1)C[C@@](C)(CO)C(=O)O.CC(=O)O.Cc1ccc(C)c(-c2ccc(C[C@@H](CP)C[C@@](C)(CO)C(=O)O)cc2)c1. The summed E-state index contributed by atoms with van der Waals surface area (Å²) in [6.07, 6.45) is 2.72. The monoisotopic (exact) mass is 815 g/mol. The Morgan fingerprint density at radius 3 is 1.34 bits per heavy atom. The number of nitrogens with one attached hydrogen (secondary N) is 1. The van der Waals surface area contributed by atoms with Gasteiger partial charge >= 0.3 is 11.9 Å². The van der Waals surface area contributed by atoms with Gasteiger partial charge in [-0.05, 0) is 124 Å². The summed E-state index contributed by atoms with van der Waals surface area (Å²) in [4.78, 5) is 43.5. The molecular weight excluding hydrogens is 753 g/mol. The van der Waals surface area contributed by atoms with Gasteiger partial charge in [-0.25, -0.2) is 0 Å². The maximum absolute atomic E-state index is 11.6. The zero-order valence-electron chi connectivity index (χ0n) is 35.1. The number of benzene rings is 4. The molecule has 4 aromatic carbocycles. The van der Waals surface area contributed by atoms with Gasteiger partial charge in [-0.2, -0.15) is 0 Å². The molecule has 6 N–H and O–H groups in total. The third kappa shape index (κ3) is 15.5. The molecule has 0 fully saturated rings. The lowest BCUT2D eigenvalue weighted by Gasteiger charge is -2.28. The highest BCUT2D eigenvalue weighted by molar-refractivity contribution is 7.16. The molecule has 1 unspecified atom stereocenters. The fraction of sp³-hybridized carbons (Fsp3) is 0.404. The number of rotatable bonds is 16. The third-order valence-corrected chi connectivity index (χ3v) is 10.9. The summed E-state index contributed by atoms with van der Waals surface area (Å²) in [6, 6.07) is 29.1. The van der Waals surface area contributed by atoms with Gasteiger partial charge in [-0.3, -0.25) is 19.2 Å². The highest BCUT2D eigenvalue weighted by atomic mass is 31.0. The van der Waals surface area contributed by atoms with Crippen LogP contribution in [0.5, 0.6) is 0 Å². The molecule has 58 heavy (non-hydrogen) atoms. The lowest BCUT2D eigenvalue weighted by atomic mass is 9.80. The Labute approximate surface area is 346 Å². The molecule has 0 heterocycles.